The fraction of sp³-hybridized carbons (Fsp3) is 0.913. The van der Waals surface area contributed by atoms with E-state index in [1.807, 2.05) is 13.8 Å². The Hall–Kier alpha value is -0.740. The number of hydrogen-bond donors (Lipinski definition) is 0. The lowest BCUT2D eigenvalue weighted by molar-refractivity contribution is -0.129. The van der Waals surface area contributed by atoms with E-state index < -0.39 is 0 Å². The van der Waals surface area contributed by atoms with Crippen molar-refractivity contribution in [2.75, 3.05) is 26.2 Å². The average Bonchev–Trinajstić information content (AvgIpc) is 2.65. The zero-order chi connectivity index (χ0) is 19.0. The Morgan fingerprint density at radius 3 is 1.89 bits per heavy atom. The van der Waals surface area contributed by atoms with Crippen LogP contribution in [-0.4, -0.2) is 59.6 Å². The maximum absolute atomic E-state index is 12.0. The van der Waals surface area contributed by atoms with Gasteiger partial charge < -0.3 is 4.90 Å². The minimum atomic E-state index is 0.328. The topological polar surface area (TPSA) is 40.6 Å². The van der Waals surface area contributed by atoms with E-state index in [0.717, 1.165) is 38.4 Å². The van der Waals surface area contributed by atoms with E-state index in [1.54, 1.807) is 0 Å². The second-order valence-electron chi connectivity index (χ2n) is 9.89. The summed E-state index contributed by atoms with van der Waals surface area (Å²) in [4.78, 5) is 29.0. The molecule has 2 saturated carbocycles. The molecule has 4 nitrogen and oxygen atoms in total. The maximum Gasteiger partial charge on any atom is 0.138 e. The van der Waals surface area contributed by atoms with Crippen LogP contribution in [0.4, 0.5) is 0 Å². The third-order valence-corrected chi connectivity index (χ3v) is 8.43. The smallest absolute Gasteiger partial charge is 0.138 e. The van der Waals surface area contributed by atoms with Gasteiger partial charge in [0.1, 0.15) is 11.6 Å². The van der Waals surface area contributed by atoms with Crippen molar-refractivity contribution in [3.05, 3.63) is 0 Å². The first-order valence-electron chi connectivity index (χ1n) is 11.6. The van der Waals surface area contributed by atoms with Crippen LogP contribution >= 0.6 is 0 Å². The van der Waals surface area contributed by atoms with E-state index in [-0.39, 0.29) is 0 Å². The highest BCUT2D eigenvalue weighted by Gasteiger charge is 2.49. The van der Waals surface area contributed by atoms with Gasteiger partial charge >= 0.3 is 0 Å². The monoisotopic (exact) mass is 374 g/mol. The largest absolute Gasteiger partial charge is 0.300 e. The van der Waals surface area contributed by atoms with E-state index in [1.165, 1.54) is 51.6 Å². The summed E-state index contributed by atoms with van der Waals surface area (Å²) in [5.74, 6) is 1.65. The van der Waals surface area contributed by atoms with E-state index >= 15 is 0 Å². The average molecular weight is 375 g/mol. The van der Waals surface area contributed by atoms with Crippen molar-refractivity contribution in [3.63, 3.8) is 0 Å². The molecule has 0 amide bonds. The third kappa shape index (κ3) is 3.89. The molecule has 0 atom stereocenters. The SMILES string of the molecule is CCC(=O)C1CCC2(CC1)CC(N1CCC(N3CC(C(=O)CC)C3)CC1)C2. The van der Waals surface area contributed by atoms with E-state index in [9.17, 15) is 9.59 Å². The Morgan fingerprint density at radius 2 is 1.33 bits per heavy atom. The molecule has 4 aliphatic rings. The van der Waals surface area contributed by atoms with Gasteiger partial charge in [-0.3, -0.25) is 14.5 Å². The van der Waals surface area contributed by atoms with Gasteiger partial charge in [0.2, 0.25) is 0 Å². The summed E-state index contributed by atoms with van der Waals surface area (Å²) in [6.45, 7) is 8.51. The molecule has 4 fully saturated rings. The van der Waals surface area contributed by atoms with Crippen molar-refractivity contribution in [1.82, 2.24) is 9.80 Å². The quantitative estimate of drug-likeness (QED) is 0.711. The van der Waals surface area contributed by atoms with Gasteiger partial charge in [-0.25, -0.2) is 0 Å². The summed E-state index contributed by atoms with van der Waals surface area (Å²) in [5, 5.41) is 0. The number of hydrogen-bond acceptors (Lipinski definition) is 4. The van der Waals surface area contributed by atoms with E-state index in [4.69, 9.17) is 0 Å². The summed E-state index contributed by atoms with van der Waals surface area (Å²) in [6.07, 6.45) is 11.6. The van der Waals surface area contributed by atoms with Crippen molar-refractivity contribution in [2.45, 2.75) is 90.1 Å². The molecule has 0 aromatic heterocycles. The van der Waals surface area contributed by atoms with Crippen molar-refractivity contribution in [1.29, 1.82) is 0 Å². The molecule has 2 aliphatic carbocycles. The van der Waals surface area contributed by atoms with Gasteiger partial charge in [0.05, 0.1) is 0 Å². The highest BCUT2D eigenvalue weighted by atomic mass is 16.1. The number of carbonyl (C=O) groups is 2. The molecule has 2 heterocycles. The van der Waals surface area contributed by atoms with Crippen molar-refractivity contribution >= 4 is 11.6 Å². The summed E-state index contributed by atoms with van der Waals surface area (Å²) in [7, 11) is 0. The zero-order valence-electron chi connectivity index (χ0n) is 17.4. The summed E-state index contributed by atoms with van der Waals surface area (Å²) in [5.41, 5.74) is 0.581. The van der Waals surface area contributed by atoms with Crippen LogP contribution < -0.4 is 0 Å². The minimum Gasteiger partial charge on any atom is -0.300 e. The third-order valence-electron chi connectivity index (χ3n) is 8.43. The molecule has 0 unspecified atom stereocenters. The first-order chi connectivity index (χ1) is 13.0. The minimum absolute atomic E-state index is 0.328. The highest BCUT2D eigenvalue weighted by molar-refractivity contribution is 5.82. The first kappa shape index (κ1) is 19.6. The molecule has 0 radical (unpaired) electrons. The standard InChI is InChI=1S/C23H38N2O2/c1-3-21(26)17-5-9-23(10-6-17)13-20(14-23)24-11-7-19(8-12-24)25-15-18(16-25)22(27)4-2/h17-20H,3-16H2,1-2H3. The Balaban J connectivity index is 1.16. The zero-order valence-corrected chi connectivity index (χ0v) is 17.4. The fourth-order valence-electron chi connectivity index (χ4n) is 6.37. The fourth-order valence-corrected chi connectivity index (χ4v) is 6.37. The Kier molecular flexibility index (Phi) is 5.76. The number of rotatable bonds is 6. The lowest BCUT2D eigenvalue weighted by Crippen LogP contribution is -2.59. The Labute approximate surface area is 165 Å². The summed E-state index contributed by atoms with van der Waals surface area (Å²) < 4.78 is 0. The summed E-state index contributed by atoms with van der Waals surface area (Å²) >= 11 is 0. The van der Waals surface area contributed by atoms with Crippen LogP contribution in [0.3, 0.4) is 0 Å². The van der Waals surface area contributed by atoms with E-state index in [0.29, 0.717) is 41.3 Å². The summed E-state index contributed by atoms with van der Waals surface area (Å²) in [6, 6.07) is 1.52. The molecular formula is C23H38N2O2. The van der Waals surface area contributed by atoms with Gasteiger partial charge in [0.15, 0.2) is 0 Å². The second kappa shape index (κ2) is 7.94. The number of carbonyl (C=O) groups excluding carboxylic acids is 2. The van der Waals surface area contributed by atoms with Crippen LogP contribution in [0.5, 0.6) is 0 Å². The molecule has 27 heavy (non-hydrogen) atoms. The molecule has 0 aromatic rings. The number of ketones is 2. The normalized spacial score (nSPS) is 36.4. The van der Waals surface area contributed by atoms with Crippen LogP contribution in [0.25, 0.3) is 0 Å². The first-order valence-corrected chi connectivity index (χ1v) is 11.6. The van der Waals surface area contributed by atoms with Crippen LogP contribution in [0.15, 0.2) is 0 Å². The number of likely N-dealkylation sites (tertiary alicyclic amines) is 2. The van der Waals surface area contributed by atoms with Crippen molar-refractivity contribution in [2.24, 2.45) is 17.3 Å². The number of nitrogens with zero attached hydrogens (tertiary/aromatic N) is 2. The lowest BCUT2D eigenvalue weighted by atomic mass is 9.56. The second-order valence-corrected chi connectivity index (χ2v) is 9.89. The van der Waals surface area contributed by atoms with Crippen LogP contribution in [0.1, 0.15) is 78.1 Å². The van der Waals surface area contributed by atoms with Crippen LogP contribution in [-0.2, 0) is 9.59 Å². The highest BCUT2D eigenvalue weighted by Crippen LogP contribution is 2.54. The molecule has 152 valence electrons. The molecule has 4 heteroatoms. The molecule has 4 rings (SSSR count). The number of Topliss-reactive ketones (excluding diaryl/α,β-unsaturated/α-hetero) is 2. The van der Waals surface area contributed by atoms with Gasteiger partial charge in [-0.05, 0) is 69.9 Å². The van der Waals surface area contributed by atoms with Crippen LogP contribution in [0, 0.1) is 17.3 Å². The Morgan fingerprint density at radius 1 is 0.778 bits per heavy atom. The maximum atomic E-state index is 12.0. The van der Waals surface area contributed by atoms with Crippen molar-refractivity contribution in [3.8, 4) is 0 Å². The molecular weight excluding hydrogens is 336 g/mol. The predicted molar refractivity (Wildman–Crippen MR) is 108 cm³/mol. The van der Waals surface area contributed by atoms with E-state index in [2.05, 4.69) is 9.80 Å². The molecule has 0 bridgehead atoms. The molecule has 1 spiro atoms. The van der Waals surface area contributed by atoms with Crippen molar-refractivity contribution < 1.29 is 9.59 Å². The van der Waals surface area contributed by atoms with Gasteiger partial charge in [-0.1, -0.05) is 13.8 Å². The predicted octanol–water partition coefficient (Wildman–Crippen LogP) is 3.68. The molecule has 0 aromatic carbocycles. The Bertz CT molecular complexity index is 545. The van der Waals surface area contributed by atoms with Gasteiger partial charge in [0.25, 0.3) is 0 Å². The van der Waals surface area contributed by atoms with Gasteiger partial charge in [-0.2, -0.15) is 0 Å². The molecule has 0 N–H and O–H groups in total. The number of piperidine rings is 1. The van der Waals surface area contributed by atoms with Gasteiger partial charge in [-0.15, -0.1) is 0 Å². The molecule has 2 aliphatic heterocycles. The van der Waals surface area contributed by atoms with Gasteiger partial charge in [0, 0.05) is 49.9 Å². The van der Waals surface area contributed by atoms with Crippen LogP contribution in [0.2, 0.25) is 0 Å². The lowest BCUT2D eigenvalue weighted by Gasteiger charge is -2.56. The molecule has 2 saturated heterocycles.